The molecule has 0 bridgehead atoms. The van der Waals surface area contributed by atoms with Crippen LogP contribution in [0.5, 0.6) is 0 Å². The first-order valence-electron chi connectivity index (χ1n) is 11.0. The minimum atomic E-state index is -0.258. The average molecular weight is 398 g/mol. The van der Waals surface area contributed by atoms with Gasteiger partial charge >= 0.3 is 0 Å². The van der Waals surface area contributed by atoms with Crippen LogP contribution in [0.2, 0.25) is 0 Å². The molecule has 1 atom stereocenters. The van der Waals surface area contributed by atoms with E-state index in [-0.39, 0.29) is 29.6 Å². The second-order valence-corrected chi connectivity index (χ2v) is 8.65. The summed E-state index contributed by atoms with van der Waals surface area (Å²) in [7, 11) is 0. The minimum absolute atomic E-state index is 0.0540. The molecule has 3 aliphatic rings. The van der Waals surface area contributed by atoms with Crippen molar-refractivity contribution in [1.29, 1.82) is 0 Å². The van der Waals surface area contributed by atoms with Crippen LogP contribution in [-0.4, -0.2) is 65.1 Å². The Labute approximate surface area is 172 Å². The third-order valence-electron chi connectivity index (χ3n) is 6.64. The van der Waals surface area contributed by atoms with E-state index in [1.165, 1.54) is 6.42 Å². The second kappa shape index (κ2) is 8.97. The topological polar surface area (TPSA) is 60.9 Å². The minimum Gasteiger partial charge on any atom is -0.339 e. The van der Waals surface area contributed by atoms with Crippen LogP contribution in [0.3, 0.4) is 0 Å². The maximum Gasteiger partial charge on any atom is 0.228 e. The van der Waals surface area contributed by atoms with E-state index in [1.807, 2.05) is 40.1 Å². The standard InChI is InChI=1S/C23H31N3O3/c27-21-15-20(17-26(21)16-18-7-3-1-4-8-18)23(29)25-13-11-24(12-14-25)22(28)19-9-5-2-6-10-19/h1,3-4,7-8,19-20H,2,5-6,9-17H2/t20-/m0/s1. The van der Waals surface area contributed by atoms with E-state index < -0.39 is 0 Å². The van der Waals surface area contributed by atoms with Crippen LogP contribution in [0.1, 0.15) is 44.1 Å². The molecule has 2 heterocycles. The molecule has 0 N–H and O–H groups in total. The van der Waals surface area contributed by atoms with E-state index in [4.69, 9.17) is 0 Å². The zero-order chi connectivity index (χ0) is 20.2. The highest BCUT2D eigenvalue weighted by atomic mass is 16.2. The molecule has 29 heavy (non-hydrogen) atoms. The summed E-state index contributed by atoms with van der Waals surface area (Å²) in [5.41, 5.74) is 1.09. The number of hydrogen-bond acceptors (Lipinski definition) is 3. The molecule has 6 nitrogen and oxygen atoms in total. The molecule has 1 aromatic carbocycles. The van der Waals surface area contributed by atoms with Crippen LogP contribution >= 0.6 is 0 Å². The van der Waals surface area contributed by atoms with Gasteiger partial charge in [0.25, 0.3) is 0 Å². The van der Waals surface area contributed by atoms with Gasteiger partial charge in [0.2, 0.25) is 17.7 Å². The molecule has 0 aromatic heterocycles. The molecule has 0 radical (unpaired) electrons. The van der Waals surface area contributed by atoms with E-state index in [0.717, 1.165) is 31.2 Å². The van der Waals surface area contributed by atoms with Gasteiger partial charge in [0, 0.05) is 51.6 Å². The van der Waals surface area contributed by atoms with Gasteiger partial charge in [0.05, 0.1) is 5.92 Å². The van der Waals surface area contributed by atoms with E-state index in [0.29, 0.717) is 45.7 Å². The van der Waals surface area contributed by atoms with Gasteiger partial charge in [-0.25, -0.2) is 0 Å². The summed E-state index contributed by atoms with van der Waals surface area (Å²) in [5, 5.41) is 0. The predicted molar refractivity (Wildman–Crippen MR) is 110 cm³/mol. The molecular formula is C23H31N3O3. The van der Waals surface area contributed by atoms with Crippen molar-refractivity contribution in [2.24, 2.45) is 11.8 Å². The molecule has 156 valence electrons. The molecule has 0 unspecified atom stereocenters. The van der Waals surface area contributed by atoms with Crippen molar-refractivity contribution in [3.8, 4) is 0 Å². The third kappa shape index (κ3) is 4.62. The molecule has 3 amide bonds. The lowest BCUT2D eigenvalue weighted by Crippen LogP contribution is -2.53. The van der Waals surface area contributed by atoms with Gasteiger partial charge in [-0.05, 0) is 18.4 Å². The Morgan fingerprint density at radius 3 is 2.03 bits per heavy atom. The van der Waals surface area contributed by atoms with E-state index in [2.05, 4.69) is 0 Å². The molecule has 1 aromatic rings. The molecule has 2 aliphatic heterocycles. The zero-order valence-corrected chi connectivity index (χ0v) is 17.1. The van der Waals surface area contributed by atoms with Crippen molar-refractivity contribution in [3.05, 3.63) is 35.9 Å². The van der Waals surface area contributed by atoms with Crippen molar-refractivity contribution in [3.63, 3.8) is 0 Å². The smallest absolute Gasteiger partial charge is 0.228 e. The fraction of sp³-hybridized carbons (Fsp3) is 0.609. The van der Waals surface area contributed by atoms with Crippen molar-refractivity contribution in [2.75, 3.05) is 32.7 Å². The number of carbonyl (C=O) groups is 3. The maximum atomic E-state index is 13.0. The first-order chi connectivity index (χ1) is 14.1. The Bertz CT molecular complexity index is 737. The summed E-state index contributed by atoms with van der Waals surface area (Å²) in [6, 6.07) is 9.90. The van der Waals surface area contributed by atoms with Crippen LogP contribution in [-0.2, 0) is 20.9 Å². The number of nitrogens with zero attached hydrogens (tertiary/aromatic N) is 3. The number of carbonyl (C=O) groups excluding carboxylic acids is 3. The van der Waals surface area contributed by atoms with E-state index >= 15 is 0 Å². The third-order valence-corrected chi connectivity index (χ3v) is 6.64. The molecular weight excluding hydrogens is 366 g/mol. The molecule has 1 saturated carbocycles. The summed E-state index contributed by atoms with van der Waals surface area (Å²) in [4.78, 5) is 43.7. The van der Waals surface area contributed by atoms with Gasteiger partial charge < -0.3 is 14.7 Å². The zero-order valence-electron chi connectivity index (χ0n) is 17.1. The van der Waals surface area contributed by atoms with E-state index in [9.17, 15) is 14.4 Å². The van der Waals surface area contributed by atoms with Crippen LogP contribution in [0, 0.1) is 11.8 Å². The fourth-order valence-corrected chi connectivity index (χ4v) is 4.91. The van der Waals surface area contributed by atoms with Gasteiger partial charge in [-0.2, -0.15) is 0 Å². The number of benzene rings is 1. The van der Waals surface area contributed by atoms with Crippen molar-refractivity contribution < 1.29 is 14.4 Å². The maximum absolute atomic E-state index is 13.0. The van der Waals surface area contributed by atoms with Crippen LogP contribution < -0.4 is 0 Å². The predicted octanol–water partition coefficient (Wildman–Crippen LogP) is 2.29. The van der Waals surface area contributed by atoms with Crippen molar-refractivity contribution in [2.45, 2.75) is 45.1 Å². The van der Waals surface area contributed by atoms with Gasteiger partial charge in [-0.15, -0.1) is 0 Å². The number of rotatable bonds is 4. The molecule has 0 spiro atoms. The summed E-state index contributed by atoms with van der Waals surface area (Å²) < 4.78 is 0. The molecule has 1 aliphatic carbocycles. The molecule has 4 rings (SSSR count). The Morgan fingerprint density at radius 2 is 1.41 bits per heavy atom. The van der Waals surface area contributed by atoms with Gasteiger partial charge in [-0.3, -0.25) is 14.4 Å². The van der Waals surface area contributed by atoms with E-state index in [1.54, 1.807) is 4.90 Å². The summed E-state index contributed by atoms with van der Waals surface area (Å²) in [5.74, 6) is 0.329. The van der Waals surface area contributed by atoms with Gasteiger partial charge in [0.15, 0.2) is 0 Å². The van der Waals surface area contributed by atoms with Crippen molar-refractivity contribution >= 4 is 17.7 Å². The van der Waals surface area contributed by atoms with Crippen LogP contribution in [0.25, 0.3) is 0 Å². The number of likely N-dealkylation sites (tertiary alicyclic amines) is 1. The first-order valence-corrected chi connectivity index (χ1v) is 11.0. The summed E-state index contributed by atoms with van der Waals surface area (Å²) >= 11 is 0. The highest BCUT2D eigenvalue weighted by Gasteiger charge is 2.38. The molecule has 2 saturated heterocycles. The lowest BCUT2D eigenvalue weighted by atomic mass is 9.88. The summed E-state index contributed by atoms with van der Waals surface area (Å²) in [6.07, 6.45) is 5.88. The second-order valence-electron chi connectivity index (χ2n) is 8.65. The van der Waals surface area contributed by atoms with Crippen LogP contribution in [0.15, 0.2) is 30.3 Å². The van der Waals surface area contributed by atoms with Gasteiger partial charge in [0.1, 0.15) is 0 Å². The Hall–Kier alpha value is -2.37. The fourth-order valence-electron chi connectivity index (χ4n) is 4.91. The molecule has 3 fully saturated rings. The highest BCUT2D eigenvalue weighted by molar-refractivity contribution is 5.89. The number of amides is 3. The van der Waals surface area contributed by atoms with Crippen molar-refractivity contribution in [1.82, 2.24) is 14.7 Å². The normalized spacial score (nSPS) is 23.5. The Morgan fingerprint density at radius 1 is 0.828 bits per heavy atom. The molecule has 6 heteroatoms. The Kier molecular flexibility index (Phi) is 6.16. The average Bonchev–Trinajstić information content (AvgIpc) is 3.14. The lowest BCUT2D eigenvalue weighted by Gasteiger charge is -2.38. The largest absolute Gasteiger partial charge is 0.339 e. The quantitative estimate of drug-likeness (QED) is 0.783. The first kappa shape index (κ1) is 19.9. The summed E-state index contributed by atoms with van der Waals surface area (Å²) in [6.45, 7) is 3.47. The monoisotopic (exact) mass is 397 g/mol. The highest BCUT2D eigenvalue weighted by Crippen LogP contribution is 2.27. The van der Waals surface area contributed by atoms with Crippen LogP contribution in [0.4, 0.5) is 0 Å². The lowest BCUT2D eigenvalue weighted by molar-refractivity contribution is -0.144. The SMILES string of the molecule is O=C1C[C@H](C(=O)N2CCN(C(=O)C3CCCCC3)CC2)CN1Cc1ccccc1. The number of hydrogen-bond donors (Lipinski definition) is 0. The van der Waals surface area contributed by atoms with Gasteiger partial charge in [-0.1, -0.05) is 49.6 Å². The Balaban J connectivity index is 1.27. The number of piperazine rings is 1.